The van der Waals surface area contributed by atoms with Crippen molar-refractivity contribution in [2.24, 2.45) is 10.8 Å². The van der Waals surface area contributed by atoms with Crippen molar-refractivity contribution in [1.82, 2.24) is 19.7 Å². The Labute approximate surface area is 213 Å². The zero-order valence-corrected chi connectivity index (χ0v) is 21.5. The summed E-state index contributed by atoms with van der Waals surface area (Å²) in [4.78, 5) is 4.90. The number of hydrogen-bond acceptors (Lipinski definition) is 6. The van der Waals surface area contributed by atoms with Gasteiger partial charge in [0.25, 0.3) is 0 Å². The molecule has 1 saturated carbocycles. The fraction of sp³-hybridized carbons (Fsp3) is 0.444. The molecule has 2 aromatic heterocycles. The van der Waals surface area contributed by atoms with Crippen molar-refractivity contribution in [3.63, 3.8) is 0 Å². The number of imidazole rings is 1. The molecular weight excluding hydrogens is 483 g/mol. The molecule has 0 atom stereocenters. The molecule has 0 saturated heterocycles. The number of alkyl halides is 3. The molecule has 0 bridgehead atoms. The summed E-state index contributed by atoms with van der Waals surface area (Å²) in [7, 11) is 0. The first kappa shape index (κ1) is 25.1. The predicted molar refractivity (Wildman–Crippen MR) is 135 cm³/mol. The first-order chi connectivity index (χ1) is 17.3. The van der Waals surface area contributed by atoms with Gasteiger partial charge in [-0.3, -0.25) is 0 Å². The summed E-state index contributed by atoms with van der Waals surface area (Å²) in [5.74, 6) is 1.25. The average Bonchev–Trinajstić information content (AvgIpc) is 3.34. The Morgan fingerprint density at radius 3 is 2.27 bits per heavy atom. The molecule has 1 N–H and O–H groups in total. The van der Waals surface area contributed by atoms with Gasteiger partial charge in [0.1, 0.15) is 5.75 Å². The highest BCUT2D eigenvalue weighted by molar-refractivity contribution is 5.84. The molecule has 0 aliphatic heterocycles. The van der Waals surface area contributed by atoms with E-state index in [1.165, 1.54) is 12.1 Å². The molecule has 37 heavy (non-hydrogen) atoms. The summed E-state index contributed by atoms with van der Waals surface area (Å²) in [5, 5.41) is 11.4. The summed E-state index contributed by atoms with van der Waals surface area (Å²) in [5.41, 5.74) is 3.36. The number of aromatic nitrogens is 4. The van der Waals surface area contributed by atoms with E-state index in [2.05, 4.69) is 52.5 Å². The van der Waals surface area contributed by atoms with E-state index in [-0.39, 0.29) is 22.6 Å². The van der Waals surface area contributed by atoms with Gasteiger partial charge >= 0.3 is 6.36 Å². The lowest BCUT2D eigenvalue weighted by Crippen LogP contribution is -2.35. The molecule has 10 heteroatoms. The van der Waals surface area contributed by atoms with E-state index >= 15 is 0 Å². The van der Waals surface area contributed by atoms with Gasteiger partial charge in [0.05, 0.1) is 11.0 Å². The van der Waals surface area contributed by atoms with E-state index in [9.17, 15) is 13.2 Å². The minimum atomic E-state index is -4.74. The van der Waals surface area contributed by atoms with Crippen molar-refractivity contribution in [2.75, 3.05) is 5.32 Å². The topological polar surface area (TPSA) is 78.0 Å². The zero-order chi connectivity index (χ0) is 26.6. The summed E-state index contributed by atoms with van der Waals surface area (Å²) in [6.45, 7) is 10.9. The standard InChI is InChI=1S/C27H30F3N5O2/c1-16-33-34-23(36-16)17-6-11-22-21(12-17)32-24(31-18-7-9-20(10-8-18)37-27(28,29)30)35(22)19-13-25(2,3)15-26(4,5)14-19/h6-12,19H,13-15H2,1-5H3,(H,31,32). The Morgan fingerprint density at radius 1 is 1.00 bits per heavy atom. The summed E-state index contributed by atoms with van der Waals surface area (Å²) in [6.07, 6.45) is -1.68. The van der Waals surface area contributed by atoms with Crippen LogP contribution >= 0.6 is 0 Å². The number of rotatable bonds is 5. The summed E-state index contributed by atoms with van der Waals surface area (Å²) < 4.78 is 49.6. The van der Waals surface area contributed by atoms with Crippen LogP contribution in [0, 0.1) is 17.8 Å². The van der Waals surface area contributed by atoms with Gasteiger partial charge in [-0.15, -0.1) is 23.4 Å². The second-order valence-corrected chi connectivity index (χ2v) is 11.4. The number of anilines is 2. The minimum absolute atomic E-state index is 0.137. The van der Waals surface area contributed by atoms with Crippen LogP contribution in [0.3, 0.4) is 0 Å². The monoisotopic (exact) mass is 513 g/mol. The van der Waals surface area contributed by atoms with Crippen LogP contribution < -0.4 is 10.1 Å². The van der Waals surface area contributed by atoms with E-state index in [1.807, 2.05) is 18.2 Å². The smallest absolute Gasteiger partial charge is 0.421 e. The number of nitrogens with zero attached hydrogens (tertiary/aromatic N) is 4. The van der Waals surface area contributed by atoms with Crippen LogP contribution in [0.1, 0.15) is 58.9 Å². The second-order valence-electron chi connectivity index (χ2n) is 11.4. The van der Waals surface area contributed by atoms with Crippen molar-refractivity contribution in [1.29, 1.82) is 0 Å². The number of ether oxygens (including phenoxy) is 1. The van der Waals surface area contributed by atoms with Crippen LogP contribution in [0.15, 0.2) is 46.9 Å². The lowest BCUT2D eigenvalue weighted by molar-refractivity contribution is -0.274. The number of nitrogens with one attached hydrogen (secondary N) is 1. The van der Waals surface area contributed by atoms with E-state index in [4.69, 9.17) is 9.40 Å². The van der Waals surface area contributed by atoms with Crippen LogP contribution in [-0.4, -0.2) is 26.1 Å². The molecule has 1 aliphatic rings. The molecule has 7 nitrogen and oxygen atoms in total. The molecule has 196 valence electrons. The van der Waals surface area contributed by atoms with Crippen LogP contribution in [-0.2, 0) is 0 Å². The van der Waals surface area contributed by atoms with Crippen molar-refractivity contribution >= 4 is 22.7 Å². The Kier molecular flexibility index (Phi) is 5.96. The maximum absolute atomic E-state index is 12.6. The van der Waals surface area contributed by atoms with Gasteiger partial charge in [-0.05, 0) is 72.6 Å². The quantitative estimate of drug-likeness (QED) is 0.293. The predicted octanol–water partition coefficient (Wildman–Crippen LogP) is 7.81. The third kappa shape index (κ3) is 5.57. The molecule has 0 unspecified atom stereocenters. The second kappa shape index (κ2) is 8.78. The van der Waals surface area contributed by atoms with Gasteiger partial charge in [0.15, 0.2) is 0 Å². The zero-order valence-electron chi connectivity index (χ0n) is 21.5. The fourth-order valence-corrected chi connectivity index (χ4v) is 5.94. The van der Waals surface area contributed by atoms with Crippen molar-refractivity contribution in [3.05, 3.63) is 48.4 Å². The number of aryl methyl sites for hydroxylation is 1. The molecule has 0 amide bonds. The molecule has 0 radical (unpaired) electrons. The lowest BCUT2D eigenvalue weighted by Gasteiger charge is -2.45. The molecule has 2 heterocycles. The minimum Gasteiger partial charge on any atom is -0.421 e. The fourth-order valence-electron chi connectivity index (χ4n) is 5.94. The van der Waals surface area contributed by atoms with Gasteiger partial charge < -0.3 is 19.0 Å². The number of hydrogen-bond donors (Lipinski definition) is 1. The summed E-state index contributed by atoms with van der Waals surface area (Å²) >= 11 is 0. The maximum atomic E-state index is 12.6. The van der Waals surface area contributed by atoms with Gasteiger partial charge in [0, 0.05) is 24.2 Å². The number of fused-ring (bicyclic) bond motifs is 1. The third-order valence-corrected chi connectivity index (χ3v) is 6.71. The van der Waals surface area contributed by atoms with Gasteiger partial charge in [-0.1, -0.05) is 27.7 Å². The van der Waals surface area contributed by atoms with Gasteiger partial charge in [-0.25, -0.2) is 4.98 Å². The largest absolute Gasteiger partial charge is 0.573 e. The third-order valence-electron chi connectivity index (χ3n) is 6.71. The van der Waals surface area contributed by atoms with Crippen molar-refractivity contribution in [2.45, 2.75) is 66.3 Å². The Bertz CT molecular complexity index is 1400. The van der Waals surface area contributed by atoms with Gasteiger partial charge in [-0.2, -0.15) is 0 Å². The van der Waals surface area contributed by atoms with Gasteiger partial charge in [0.2, 0.25) is 17.7 Å². The van der Waals surface area contributed by atoms with Crippen molar-refractivity contribution < 1.29 is 22.3 Å². The molecule has 0 spiro atoms. The van der Waals surface area contributed by atoms with Crippen molar-refractivity contribution in [3.8, 4) is 17.2 Å². The lowest BCUT2D eigenvalue weighted by atomic mass is 9.63. The molecule has 4 aromatic rings. The normalized spacial score (nSPS) is 17.7. The van der Waals surface area contributed by atoms with Crippen LogP contribution in [0.4, 0.5) is 24.8 Å². The highest BCUT2D eigenvalue weighted by atomic mass is 19.4. The Balaban J connectivity index is 1.56. The van der Waals surface area contributed by atoms with E-state index < -0.39 is 6.36 Å². The number of benzene rings is 2. The average molecular weight is 514 g/mol. The van der Waals surface area contributed by atoms with E-state index in [1.54, 1.807) is 19.1 Å². The Morgan fingerprint density at radius 2 is 1.68 bits per heavy atom. The maximum Gasteiger partial charge on any atom is 0.573 e. The van der Waals surface area contributed by atoms with E-state index in [0.717, 1.165) is 35.9 Å². The van der Waals surface area contributed by atoms with Crippen LogP contribution in [0.25, 0.3) is 22.5 Å². The first-order valence-corrected chi connectivity index (χ1v) is 12.2. The highest BCUT2D eigenvalue weighted by Gasteiger charge is 2.40. The number of halogens is 3. The van der Waals surface area contributed by atoms with E-state index in [0.29, 0.717) is 23.4 Å². The Hall–Kier alpha value is -3.56. The first-order valence-electron chi connectivity index (χ1n) is 12.2. The van der Waals surface area contributed by atoms with Crippen LogP contribution in [0.2, 0.25) is 0 Å². The SMILES string of the molecule is Cc1nnc(-c2ccc3c(c2)nc(Nc2ccc(OC(F)(F)F)cc2)n3C2CC(C)(C)CC(C)(C)C2)o1. The highest BCUT2D eigenvalue weighted by Crippen LogP contribution is 2.51. The van der Waals surface area contributed by atoms with Crippen LogP contribution in [0.5, 0.6) is 5.75 Å². The molecule has 1 aliphatic carbocycles. The molecule has 2 aromatic carbocycles. The molecule has 5 rings (SSSR count). The molecule has 1 fully saturated rings. The molecular formula is C27H30F3N5O2. The summed E-state index contributed by atoms with van der Waals surface area (Å²) in [6, 6.07) is 11.7.